The van der Waals surface area contributed by atoms with Crippen LogP contribution in [0.3, 0.4) is 0 Å². The largest absolute Gasteiger partial charge is 0.384 e. The first-order chi connectivity index (χ1) is 7.09. The molecule has 5 heteroatoms. The van der Waals surface area contributed by atoms with Gasteiger partial charge in [-0.25, -0.2) is 9.37 Å². The lowest BCUT2D eigenvalue weighted by molar-refractivity contribution is 0.628. The van der Waals surface area contributed by atoms with E-state index in [1.165, 1.54) is 24.4 Å². The Hall–Kier alpha value is -1.55. The van der Waals surface area contributed by atoms with Crippen molar-refractivity contribution in [2.24, 2.45) is 7.05 Å². The van der Waals surface area contributed by atoms with E-state index in [0.717, 1.165) is 0 Å². The van der Waals surface area contributed by atoms with Crippen molar-refractivity contribution >= 4 is 17.4 Å². The highest BCUT2D eigenvalue weighted by Crippen LogP contribution is 2.28. The summed E-state index contributed by atoms with van der Waals surface area (Å²) in [6.07, 6.45) is 1.51. The summed E-state index contributed by atoms with van der Waals surface area (Å²) in [5, 5.41) is 0.449. The quantitative estimate of drug-likeness (QED) is 0.810. The summed E-state index contributed by atoms with van der Waals surface area (Å²) in [6.45, 7) is 0. The predicted molar refractivity (Wildman–Crippen MR) is 58.0 cm³/mol. The van der Waals surface area contributed by atoms with Crippen LogP contribution in [0.1, 0.15) is 0 Å². The Morgan fingerprint density at radius 2 is 2.20 bits per heavy atom. The summed E-state index contributed by atoms with van der Waals surface area (Å²) < 4.78 is 14.7. The molecule has 0 aliphatic heterocycles. The van der Waals surface area contributed by atoms with Crippen LogP contribution in [0.15, 0.2) is 24.4 Å². The van der Waals surface area contributed by atoms with Crippen molar-refractivity contribution in [2.75, 3.05) is 5.73 Å². The van der Waals surface area contributed by atoms with E-state index in [9.17, 15) is 4.39 Å². The van der Waals surface area contributed by atoms with E-state index in [0.29, 0.717) is 22.2 Å². The van der Waals surface area contributed by atoms with Gasteiger partial charge in [0.15, 0.2) is 0 Å². The molecule has 0 spiro atoms. The molecule has 2 N–H and O–H groups in total. The second-order valence-electron chi connectivity index (χ2n) is 3.19. The summed E-state index contributed by atoms with van der Waals surface area (Å²) in [4.78, 5) is 4.07. The Bertz CT molecular complexity index is 507. The van der Waals surface area contributed by atoms with E-state index in [1.807, 2.05) is 0 Å². The molecule has 0 amide bonds. The van der Waals surface area contributed by atoms with Gasteiger partial charge in [0, 0.05) is 12.6 Å². The Kier molecular flexibility index (Phi) is 2.36. The average Bonchev–Trinajstić information content (AvgIpc) is 2.52. The molecule has 1 heterocycles. The molecule has 0 bridgehead atoms. The molecule has 2 rings (SSSR count). The van der Waals surface area contributed by atoms with Crippen LogP contribution in [-0.2, 0) is 7.05 Å². The fraction of sp³-hybridized carbons (Fsp3) is 0.100. The molecule has 0 fully saturated rings. The van der Waals surface area contributed by atoms with Crippen LogP contribution in [0.25, 0.3) is 11.4 Å². The number of imidazole rings is 1. The third kappa shape index (κ3) is 1.68. The van der Waals surface area contributed by atoms with Crippen molar-refractivity contribution in [2.45, 2.75) is 0 Å². The lowest BCUT2D eigenvalue weighted by Gasteiger charge is -2.05. The van der Waals surface area contributed by atoms with E-state index < -0.39 is 0 Å². The van der Waals surface area contributed by atoms with E-state index in [4.69, 9.17) is 17.3 Å². The van der Waals surface area contributed by atoms with Gasteiger partial charge in [0.05, 0.1) is 11.2 Å². The number of nitrogens with zero attached hydrogens (tertiary/aromatic N) is 2. The van der Waals surface area contributed by atoms with Gasteiger partial charge in [0.2, 0.25) is 0 Å². The second kappa shape index (κ2) is 3.55. The average molecular weight is 226 g/mol. The summed E-state index contributed by atoms with van der Waals surface area (Å²) in [7, 11) is 1.75. The Morgan fingerprint density at radius 3 is 2.80 bits per heavy atom. The topological polar surface area (TPSA) is 43.8 Å². The molecule has 1 aromatic heterocycles. The summed E-state index contributed by atoms with van der Waals surface area (Å²) in [5.74, 6) is 0.707. The van der Waals surface area contributed by atoms with Crippen LogP contribution in [0.2, 0.25) is 5.02 Å². The Labute approximate surface area is 91.3 Å². The molecule has 2 aromatic rings. The number of hydrogen-bond donors (Lipinski definition) is 1. The minimum Gasteiger partial charge on any atom is -0.384 e. The molecule has 0 saturated heterocycles. The maximum Gasteiger partial charge on any atom is 0.142 e. The van der Waals surface area contributed by atoms with Crippen molar-refractivity contribution in [3.8, 4) is 11.4 Å². The minimum atomic E-state index is -0.351. The molecule has 3 nitrogen and oxygen atoms in total. The van der Waals surface area contributed by atoms with Gasteiger partial charge in [0.25, 0.3) is 0 Å². The summed E-state index contributed by atoms with van der Waals surface area (Å²) >= 11 is 5.95. The van der Waals surface area contributed by atoms with Gasteiger partial charge < -0.3 is 10.3 Å². The highest BCUT2D eigenvalue weighted by Gasteiger charge is 2.11. The van der Waals surface area contributed by atoms with Crippen LogP contribution in [0.5, 0.6) is 0 Å². The molecule has 0 unspecified atom stereocenters. The molecule has 0 aliphatic carbocycles. The van der Waals surface area contributed by atoms with E-state index in [2.05, 4.69) is 4.98 Å². The molecule has 0 saturated carbocycles. The van der Waals surface area contributed by atoms with Gasteiger partial charge in [0.1, 0.15) is 17.5 Å². The molecule has 0 atom stereocenters. The molecular formula is C10H9ClFN3. The first kappa shape index (κ1) is 9.98. The number of halogens is 2. The number of anilines is 1. The van der Waals surface area contributed by atoms with Gasteiger partial charge in [-0.1, -0.05) is 11.6 Å². The number of hydrogen-bond acceptors (Lipinski definition) is 2. The molecule has 15 heavy (non-hydrogen) atoms. The van der Waals surface area contributed by atoms with Gasteiger partial charge in [-0.3, -0.25) is 0 Å². The Balaban J connectivity index is 2.63. The molecule has 0 aliphatic rings. The standard InChI is InChI=1S/C10H9ClFN3/c1-15-9(13)5-14-10(15)7-4-6(12)2-3-8(7)11/h2-5H,13H2,1H3. The third-order valence-electron chi connectivity index (χ3n) is 2.19. The van der Waals surface area contributed by atoms with E-state index >= 15 is 0 Å². The minimum absolute atomic E-state index is 0.351. The Morgan fingerprint density at radius 1 is 1.47 bits per heavy atom. The first-order valence-corrected chi connectivity index (χ1v) is 4.70. The number of nitrogens with two attached hydrogens (primary N) is 1. The first-order valence-electron chi connectivity index (χ1n) is 4.32. The van der Waals surface area contributed by atoms with Crippen molar-refractivity contribution in [3.63, 3.8) is 0 Å². The molecule has 0 radical (unpaired) electrons. The zero-order valence-electron chi connectivity index (χ0n) is 8.04. The fourth-order valence-electron chi connectivity index (χ4n) is 1.34. The third-order valence-corrected chi connectivity index (χ3v) is 2.52. The lowest BCUT2D eigenvalue weighted by atomic mass is 10.2. The molecular weight excluding hydrogens is 217 g/mol. The van der Waals surface area contributed by atoms with Crippen LogP contribution >= 0.6 is 11.6 Å². The van der Waals surface area contributed by atoms with Crippen LogP contribution in [-0.4, -0.2) is 9.55 Å². The number of rotatable bonds is 1. The van der Waals surface area contributed by atoms with Crippen molar-refractivity contribution in [3.05, 3.63) is 35.2 Å². The molecule has 1 aromatic carbocycles. The zero-order valence-corrected chi connectivity index (χ0v) is 8.79. The lowest BCUT2D eigenvalue weighted by Crippen LogP contribution is -1.98. The number of aromatic nitrogens is 2. The van der Waals surface area contributed by atoms with E-state index in [-0.39, 0.29) is 5.82 Å². The normalized spacial score (nSPS) is 10.6. The SMILES string of the molecule is Cn1c(N)cnc1-c1cc(F)ccc1Cl. The number of benzene rings is 1. The number of nitrogen functional groups attached to an aromatic ring is 1. The van der Waals surface area contributed by atoms with Crippen molar-refractivity contribution < 1.29 is 4.39 Å². The smallest absolute Gasteiger partial charge is 0.142 e. The van der Waals surface area contributed by atoms with Gasteiger partial charge in [-0.15, -0.1) is 0 Å². The van der Waals surface area contributed by atoms with Gasteiger partial charge >= 0.3 is 0 Å². The molecule has 78 valence electrons. The van der Waals surface area contributed by atoms with Gasteiger partial charge in [-0.2, -0.15) is 0 Å². The highest BCUT2D eigenvalue weighted by molar-refractivity contribution is 6.33. The predicted octanol–water partition coefficient (Wildman–Crippen LogP) is 2.46. The van der Waals surface area contributed by atoms with Gasteiger partial charge in [-0.05, 0) is 18.2 Å². The zero-order chi connectivity index (χ0) is 11.0. The summed E-state index contributed by atoms with van der Waals surface area (Å²) in [5.41, 5.74) is 6.17. The van der Waals surface area contributed by atoms with Crippen LogP contribution in [0, 0.1) is 5.82 Å². The summed E-state index contributed by atoms with van der Waals surface area (Å²) in [6, 6.07) is 4.14. The maximum absolute atomic E-state index is 13.0. The fourth-order valence-corrected chi connectivity index (χ4v) is 1.54. The van der Waals surface area contributed by atoms with Crippen LogP contribution in [0.4, 0.5) is 10.2 Å². The second-order valence-corrected chi connectivity index (χ2v) is 3.60. The van der Waals surface area contributed by atoms with Crippen molar-refractivity contribution in [1.29, 1.82) is 0 Å². The van der Waals surface area contributed by atoms with E-state index in [1.54, 1.807) is 11.6 Å². The highest BCUT2D eigenvalue weighted by atomic mass is 35.5. The monoisotopic (exact) mass is 225 g/mol. The van der Waals surface area contributed by atoms with Crippen LogP contribution < -0.4 is 5.73 Å². The van der Waals surface area contributed by atoms with Crippen molar-refractivity contribution in [1.82, 2.24) is 9.55 Å². The maximum atomic E-state index is 13.0.